The van der Waals surface area contributed by atoms with Gasteiger partial charge in [0.2, 0.25) is 5.95 Å². The number of rotatable bonds is 2. The second-order valence-electron chi connectivity index (χ2n) is 6.65. The fraction of sp³-hybridized carbons (Fsp3) is 0.421. The second-order valence-corrected chi connectivity index (χ2v) is 6.65. The lowest BCUT2D eigenvalue weighted by atomic mass is 9.97. The maximum absolute atomic E-state index is 12.3. The van der Waals surface area contributed by atoms with Gasteiger partial charge in [-0.25, -0.2) is 4.98 Å². The predicted molar refractivity (Wildman–Crippen MR) is 97.1 cm³/mol. The van der Waals surface area contributed by atoms with E-state index in [0.717, 1.165) is 68.8 Å². The molecule has 1 aliphatic carbocycles. The van der Waals surface area contributed by atoms with E-state index in [2.05, 4.69) is 20.9 Å². The van der Waals surface area contributed by atoms with E-state index in [1.807, 2.05) is 24.3 Å². The molecule has 1 aromatic carbocycles. The summed E-state index contributed by atoms with van der Waals surface area (Å²) in [6.45, 7) is 3.38. The first-order valence-corrected chi connectivity index (χ1v) is 8.87. The monoisotopic (exact) mass is 335 g/mol. The zero-order valence-electron chi connectivity index (χ0n) is 14.2. The highest BCUT2D eigenvalue weighted by molar-refractivity contribution is 5.51. The van der Waals surface area contributed by atoms with E-state index in [1.54, 1.807) is 0 Å². The number of fused-ring (bicyclic) bond motifs is 1. The maximum Gasteiger partial charge on any atom is 0.255 e. The summed E-state index contributed by atoms with van der Waals surface area (Å²) in [4.78, 5) is 24.5. The molecule has 0 spiro atoms. The van der Waals surface area contributed by atoms with Crippen LogP contribution in [0, 0.1) is 11.3 Å². The van der Waals surface area contributed by atoms with Gasteiger partial charge in [-0.1, -0.05) is 0 Å². The van der Waals surface area contributed by atoms with Crippen molar-refractivity contribution in [1.82, 2.24) is 9.97 Å². The van der Waals surface area contributed by atoms with Crippen molar-refractivity contribution in [2.24, 2.45) is 0 Å². The van der Waals surface area contributed by atoms with E-state index in [4.69, 9.17) is 10.2 Å². The van der Waals surface area contributed by atoms with Crippen molar-refractivity contribution in [2.75, 3.05) is 36.0 Å². The Labute approximate surface area is 146 Å². The number of aromatic amines is 1. The number of anilines is 2. The van der Waals surface area contributed by atoms with E-state index in [9.17, 15) is 4.79 Å². The molecule has 2 heterocycles. The van der Waals surface area contributed by atoms with Gasteiger partial charge in [-0.05, 0) is 49.9 Å². The van der Waals surface area contributed by atoms with Gasteiger partial charge in [0.25, 0.3) is 5.56 Å². The van der Waals surface area contributed by atoms with Crippen LogP contribution in [0.3, 0.4) is 0 Å². The van der Waals surface area contributed by atoms with Crippen LogP contribution in [-0.4, -0.2) is 36.1 Å². The first-order valence-electron chi connectivity index (χ1n) is 8.87. The number of aryl methyl sites for hydroxylation is 1. The Hall–Kier alpha value is -2.81. The van der Waals surface area contributed by atoms with Gasteiger partial charge in [-0.3, -0.25) is 9.78 Å². The molecule has 1 fully saturated rings. The molecular formula is C19H21N5O. The Morgan fingerprint density at radius 3 is 2.40 bits per heavy atom. The molecule has 6 nitrogen and oxygen atoms in total. The van der Waals surface area contributed by atoms with Gasteiger partial charge in [-0.2, -0.15) is 5.26 Å². The summed E-state index contributed by atoms with van der Waals surface area (Å²) < 4.78 is 0. The van der Waals surface area contributed by atoms with Gasteiger partial charge in [0.05, 0.1) is 17.3 Å². The van der Waals surface area contributed by atoms with Crippen molar-refractivity contribution in [3.05, 3.63) is 51.4 Å². The Kier molecular flexibility index (Phi) is 4.14. The summed E-state index contributed by atoms with van der Waals surface area (Å²) in [6.07, 6.45) is 3.97. The van der Waals surface area contributed by atoms with Crippen LogP contribution in [0.25, 0.3) is 0 Å². The largest absolute Gasteiger partial charge is 0.368 e. The number of benzene rings is 1. The van der Waals surface area contributed by atoms with Gasteiger partial charge in [0.1, 0.15) is 0 Å². The molecule has 0 atom stereocenters. The van der Waals surface area contributed by atoms with Crippen molar-refractivity contribution in [3.8, 4) is 6.07 Å². The summed E-state index contributed by atoms with van der Waals surface area (Å²) in [5.41, 5.74) is 3.71. The Balaban J connectivity index is 1.47. The SMILES string of the molecule is N#Cc1ccc(N2CCN(c3nc4c(c(=O)[nH]3)CCCC4)CC2)cc1. The molecule has 0 amide bonds. The van der Waals surface area contributed by atoms with E-state index in [-0.39, 0.29) is 5.56 Å². The quantitative estimate of drug-likeness (QED) is 0.906. The van der Waals surface area contributed by atoms with Crippen LogP contribution in [0.2, 0.25) is 0 Å². The van der Waals surface area contributed by atoms with Gasteiger partial charge in [0, 0.05) is 37.4 Å². The molecule has 4 rings (SSSR count). The highest BCUT2D eigenvalue weighted by atomic mass is 16.1. The molecule has 1 aromatic heterocycles. The van der Waals surface area contributed by atoms with Crippen molar-refractivity contribution in [3.63, 3.8) is 0 Å². The number of nitriles is 1. The molecule has 0 radical (unpaired) electrons. The zero-order valence-corrected chi connectivity index (χ0v) is 14.2. The molecule has 25 heavy (non-hydrogen) atoms. The first kappa shape index (κ1) is 15.7. The van der Waals surface area contributed by atoms with Crippen molar-refractivity contribution >= 4 is 11.6 Å². The molecule has 0 bridgehead atoms. The fourth-order valence-corrected chi connectivity index (χ4v) is 3.66. The highest BCUT2D eigenvalue weighted by Gasteiger charge is 2.22. The first-order chi connectivity index (χ1) is 12.2. The van der Waals surface area contributed by atoms with Crippen LogP contribution in [0.5, 0.6) is 0 Å². The Bertz CT molecular complexity index is 857. The number of aromatic nitrogens is 2. The summed E-state index contributed by atoms with van der Waals surface area (Å²) in [7, 11) is 0. The van der Waals surface area contributed by atoms with Crippen LogP contribution >= 0.6 is 0 Å². The number of hydrogen-bond acceptors (Lipinski definition) is 5. The number of nitrogens with one attached hydrogen (secondary N) is 1. The lowest BCUT2D eigenvalue weighted by molar-refractivity contribution is 0.620. The maximum atomic E-state index is 12.3. The summed E-state index contributed by atoms with van der Waals surface area (Å²) in [6, 6.07) is 9.84. The average molecular weight is 335 g/mol. The highest BCUT2D eigenvalue weighted by Crippen LogP contribution is 2.21. The average Bonchev–Trinajstić information content (AvgIpc) is 2.68. The van der Waals surface area contributed by atoms with Crippen LogP contribution in [0.15, 0.2) is 29.1 Å². The van der Waals surface area contributed by atoms with E-state index in [1.165, 1.54) is 0 Å². The van der Waals surface area contributed by atoms with Gasteiger partial charge >= 0.3 is 0 Å². The smallest absolute Gasteiger partial charge is 0.255 e. The van der Waals surface area contributed by atoms with Crippen LogP contribution in [0.4, 0.5) is 11.6 Å². The van der Waals surface area contributed by atoms with Crippen LogP contribution in [0.1, 0.15) is 29.7 Å². The summed E-state index contributed by atoms with van der Waals surface area (Å²) in [5.74, 6) is 0.713. The standard InChI is InChI=1S/C19H21N5O/c20-13-14-5-7-15(8-6-14)23-9-11-24(12-10-23)19-21-17-4-2-1-3-16(17)18(25)22-19/h5-8H,1-4,9-12H2,(H,21,22,25). The van der Waals surface area contributed by atoms with E-state index >= 15 is 0 Å². The van der Waals surface area contributed by atoms with Gasteiger partial charge in [0.15, 0.2) is 0 Å². The molecule has 0 saturated carbocycles. The predicted octanol–water partition coefficient (Wildman–Crippen LogP) is 1.85. The minimum atomic E-state index is 0.0363. The topological polar surface area (TPSA) is 76.0 Å². The number of H-pyrrole nitrogens is 1. The minimum Gasteiger partial charge on any atom is -0.368 e. The molecule has 0 unspecified atom stereocenters. The van der Waals surface area contributed by atoms with Crippen molar-refractivity contribution < 1.29 is 0 Å². The minimum absolute atomic E-state index is 0.0363. The third kappa shape index (κ3) is 3.10. The lowest BCUT2D eigenvalue weighted by Gasteiger charge is -2.36. The van der Waals surface area contributed by atoms with Gasteiger partial charge < -0.3 is 9.80 Å². The molecule has 1 saturated heterocycles. The molecule has 2 aromatic rings. The second kappa shape index (κ2) is 6.60. The molecule has 1 N–H and O–H groups in total. The Morgan fingerprint density at radius 1 is 1.00 bits per heavy atom. The van der Waals surface area contributed by atoms with Crippen LogP contribution in [-0.2, 0) is 12.8 Å². The van der Waals surface area contributed by atoms with E-state index in [0.29, 0.717) is 11.5 Å². The molecule has 6 heteroatoms. The fourth-order valence-electron chi connectivity index (χ4n) is 3.66. The van der Waals surface area contributed by atoms with Crippen molar-refractivity contribution in [1.29, 1.82) is 5.26 Å². The Morgan fingerprint density at radius 2 is 1.68 bits per heavy atom. The normalized spacial score (nSPS) is 17.1. The third-order valence-electron chi connectivity index (χ3n) is 5.12. The van der Waals surface area contributed by atoms with Gasteiger partial charge in [-0.15, -0.1) is 0 Å². The summed E-state index contributed by atoms with van der Waals surface area (Å²) >= 11 is 0. The van der Waals surface area contributed by atoms with Crippen molar-refractivity contribution in [2.45, 2.75) is 25.7 Å². The van der Waals surface area contributed by atoms with E-state index < -0.39 is 0 Å². The number of hydrogen-bond donors (Lipinski definition) is 1. The number of nitrogens with zero attached hydrogens (tertiary/aromatic N) is 4. The van der Waals surface area contributed by atoms with Crippen LogP contribution < -0.4 is 15.4 Å². The number of piperazine rings is 1. The third-order valence-corrected chi connectivity index (χ3v) is 5.12. The molecule has 2 aliphatic rings. The zero-order chi connectivity index (χ0) is 17.2. The lowest BCUT2D eigenvalue weighted by Crippen LogP contribution is -2.47. The molecule has 1 aliphatic heterocycles. The molecular weight excluding hydrogens is 314 g/mol. The molecule has 128 valence electrons. The summed E-state index contributed by atoms with van der Waals surface area (Å²) in [5, 5.41) is 8.90.